The number of aromatic nitrogens is 2. The minimum Gasteiger partial charge on any atom is -0.493 e. The van der Waals surface area contributed by atoms with Crippen molar-refractivity contribution < 1.29 is 9.53 Å². The molecule has 0 saturated heterocycles. The van der Waals surface area contributed by atoms with Crippen molar-refractivity contribution in [1.29, 1.82) is 0 Å². The van der Waals surface area contributed by atoms with Crippen LogP contribution < -0.4 is 10.1 Å². The number of hydrogen-bond acceptors (Lipinski definition) is 3. The number of amides is 1. The lowest BCUT2D eigenvalue weighted by Crippen LogP contribution is -2.26. The van der Waals surface area contributed by atoms with Crippen molar-refractivity contribution >= 4 is 11.6 Å². The van der Waals surface area contributed by atoms with Crippen molar-refractivity contribution in [1.82, 2.24) is 14.7 Å². The Morgan fingerprint density at radius 3 is 2.87 bits per heavy atom. The third-order valence-corrected chi connectivity index (χ3v) is 3.77. The molecule has 3 rings (SSSR count). The van der Waals surface area contributed by atoms with Gasteiger partial charge in [0.1, 0.15) is 0 Å². The molecule has 2 aromatic heterocycles. The summed E-state index contributed by atoms with van der Waals surface area (Å²) in [6.45, 7) is 2.47. The smallest absolute Gasteiger partial charge is 0.251 e. The van der Waals surface area contributed by atoms with E-state index in [1.165, 1.54) is 0 Å². The van der Waals surface area contributed by atoms with E-state index in [-0.39, 0.29) is 5.91 Å². The first-order valence-electron chi connectivity index (χ1n) is 7.53. The van der Waals surface area contributed by atoms with Crippen LogP contribution in [0.3, 0.4) is 0 Å². The maximum Gasteiger partial charge on any atom is 0.251 e. The maximum atomic E-state index is 12.2. The van der Waals surface area contributed by atoms with Crippen molar-refractivity contribution in [3.8, 4) is 5.75 Å². The second-order valence-electron chi connectivity index (χ2n) is 5.36. The number of benzene rings is 1. The number of carbonyl (C=O) groups is 1. The molecule has 3 aromatic rings. The highest BCUT2D eigenvalue weighted by Gasteiger charge is 2.09. The Kier molecular flexibility index (Phi) is 4.28. The first-order valence-corrected chi connectivity index (χ1v) is 7.53. The standard InChI is InChI=1S/C18H19N3O2/c1-13-6-3-4-7-15(13)18(22)19-10-9-14-12-21-11-5-8-16(23-2)17(21)20-14/h3-8,11-12H,9-10H2,1-2H3,(H,19,22). The highest BCUT2D eigenvalue weighted by molar-refractivity contribution is 5.95. The summed E-state index contributed by atoms with van der Waals surface area (Å²) in [6.07, 6.45) is 4.56. The number of nitrogens with one attached hydrogen (secondary N) is 1. The summed E-state index contributed by atoms with van der Waals surface area (Å²) in [5, 5.41) is 2.94. The molecule has 0 radical (unpaired) electrons. The predicted molar refractivity (Wildman–Crippen MR) is 89.0 cm³/mol. The highest BCUT2D eigenvalue weighted by Crippen LogP contribution is 2.18. The number of rotatable bonds is 5. The second-order valence-corrected chi connectivity index (χ2v) is 5.36. The molecule has 23 heavy (non-hydrogen) atoms. The molecule has 0 fully saturated rings. The predicted octanol–water partition coefficient (Wildman–Crippen LogP) is 2.62. The van der Waals surface area contributed by atoms with Crippen LogP contribution in [0.5, 0.6) is 5.75 Å². The van der Waals surface area contributed by atoms with E-state index in [2.05, 4.69) is 10.3 Å². The van der Waals surface area contributed by atoms with Crippen LogP contribution in [0, 0.1) is 6.92 Å². The SMILES string of the molecule is COc1cccn2cc(CCNC(=O)c3ccccc3C)nc12. The van der Waals surface area contributed by atoms with Crippen LogP contribution in [0.4, 0.5) is 0 Å². The van der Waals surface area contributed by atoms with Crippen LogP contribution >= 0.6 is 0 Å². The normalized spacial score (nSPS) is 10.7. The van der Waals surface area contributed by atoms with Gasteiger partial charge in [0.15, 0.2) is 11.4 Å². The van der Waals surface area contributed by atoms with Crippen molar-refractivity contribution in [2.24, 2.45) is 0 Å². The average molecular weight is 309 g/mol. The Hall–Kier alpha value is -2.82. The Balaban J connectivity index is 1.65. The number of nitrogens with zero attached hydrogens (tertiary/aromatic N) is 2. The quantitative estimate of drug-likeness (QED) is 0.788. The van der Waals surface area contributed by atoms with Crippen molar-refractivity contribution in [3.05, 3.63) is 65.6 Å². The van der Waals surface area contributed by atoms with Gasteiger partial charge in [0.2, 0.25) is 0 Å². The van der Waals surface area contributed by atoms with Gasteiger partial charge in [-0.2, -0.15) is 0 Å². The second kappa shape index (κ2) is 6.52. The van der Waals surface area contributed by atoms with Crippen molar-refractivity contribution in [2.75, 3.05) is 13.7 Å². The van der Waals surface area contributed by atoms with E-state index in [0.717, 1.165) is 22.7 Å². The summed E-state index contributed by atoms with van der Waals surface area (Å²) in [4.78, 5) is 16.7. The number of aryl methyl sites for hydroxylation is 1. The van der Waals surface area contributed by atoms with E-state index in [9.17, 15) is 4.79 Å². The molecule has 5 heteroatoms. The van der Waals surface area contributed by atoms with Gasteiger partial charge in [-0.05, 0) is 30.7 Å². The summed E-state index contributed by atoms with van der Waals surface area (Å²) in [7, 11) is 1.63. The van der Waals surface area contributed by atoms with Gasteiger partial charge in [0.05, 0.1) is 12.8 Å². The molecule has 0 aliphatic carbocycles. The van der Waals surface area contributed by atoms with Crippen LogP contribution in [0.1, 0.15) is 21.6 Å². The lowest BCUT2D eigenvalue weighted by atomic mass is 10.1. The maximum absolute atomic E-state index is 12.2. The van der Waals surface area contributed by atoms with Gasteiger partial charge in [-0.1, -0.05) is 18.2 Å². The largest absolute Gasteiger partial charge is 0.493 e. The highest BCUT2D eigenvalue weighted by atomic mass is 16.5. The zero-order valence-electron chi connectivity index (χ0n) is 13.2. The molecule has 0 bridgehead atoms. The van der Waals surface area contributed by atoms with Gasteiger partial charge in [-0.15, -0.1) is 0 Å². The topological polar surface area (TPSA) is 55.6 Å². The molecule has 0 aliphatic rings. The lowest BCUT2D eigenvalue weighted by Gasteiger charge is -2.06. The van der Waals surface area contributed by atoms with Gasteiger partial charge in [0.25, 0.3) is 5.91 Å². The van der Waals surface area contributed by atoms with E-state index in [0.29, 0.717) is 18.5 Å². The van der Waals surface area contributed by atoms with Crippen molar-refractivity contribution in [3.63, 3.8) is 0 Å². The molecular weight excluding hydrogens is 290 g/mol. The molecular formula is C18H19N3O2. The van der Waals surface area contributed by atoms with Gasteiger partial charge in [0, 0.05) is 30.9 Å². The monoisotopic (exact) mass is 309 g/mol. The third kappa shape index (κ3) is 3.18. The molecule has 0 saturated carbocycles. The molecule has 0 atom stereocenters. The molecule has 118 valence electrons. The first kappa shape index (κ1) is 15.1. The fourth-order valence-corrected chi connectivity index (χ4v) is 2.54. The molecule has 5 nitrogen and oxygen atoms in total. The number of methoxy groups -OCH3 is 1. The minimum absolute atomic E-state index is 0.0514. The molecule has 1 aromatic carbocycles. The van der Waals surface area contributed by atoms with Gasteiger partial charge in [-0.3, -0.25) is 4.79 Å². The lowest BCUT2D eigenvalue weighted by molar-refractivity contribution is 0.0953. The zero-order chi connectivity index (χ0) is 16.2. The van der Waals surface area contributed by atoms with E-state index in [1.54, 1.807) is 7.11 Å². The van der Waals surface area contributed by atoms with Crippen LogP contribution in [-0.2, 0) is 6.42 Å². The van der Waals surface area contributed by atoms with Crippen molar-refractivity contribution in [2.45, 2.75) is 13.3 Å². The fourth-order valence-electron chi connectivity index (χ4n) is 2.54. The van der Waals surface area contributed by atoms with E-state index < -0.39 is 0 Å². The molecule has 1 amide bonds. The number of hydrogen-bond donors (Lipinski definition) is 1. The van der Waals surface area contributed by atoms with E-state index in [4.69, 9.17) is 4.74 Å². The summed E-state index contributed by atoms with van der Waals surface area (Å²) in [5.74, 6) is 0.687. The third-order valence-electron chi connectivity index (χ3n) is 3.77. The zero-order valence-corrected chi connectivity index (χ0v) is 13.2. The summed E-state index contributed by atoms with van der Waals surface area (Å²) < 4.78 is 7.23. The Labute approximate surface area is 134 Å². The van der Waals surface area contributed by atoms with Crippen LogP contribution in [0.15, 0.2) is 48.8 Å². The Morgan fingerprint density at radius 2 is 2.09 bits per heavy atom. The summed E-state index contributed by atoms with van der Waals surface area (Å²) in [5.41, 5.74) is 3.39. The molecule has 2 heterocycles. The first-order chi connectivity index (χ1) is 11.2. The van der Waals surface area contributed by atoms with E-state index in [1.807, 2.05) is 60.1 Å². The molecule has 0 unspecified atom stereocenters. The summed E-state index contributed by atoms with van der Waals surface area (Å²) >= 11 is 0. The number of pyridine rings is 1. The van der Waals surface area contributed by atoms with Crippen LogP contribution in [0.2, 0.25) is 0 Å². The number of fused-ring (bicyclic) bond motifs is 1. The number of carbonyl (C=O) groups excluding carboxylic acids is 1. The van der Waals surface area contributed by atoms with Crippen LogP contribution in [-0.4, -0.2) is 28.9 Å². The Bertz CT molecular complexity index is 839. The fraction of sp³-hybridized carbons (Fsp3) is 0.222. The van der Waals surface area contributed by atoms with E-state index >= 15 is 0 Å². The Morgan fingerprint density at radius 1 is 1.26 bits per heavy atom. The molecule has 0 spiro atoms. The van der Waals surface area contributed by atoms with Gasteiger partial charge < -0.3 is 14.5 Å². The molecule has 1 N–H and O–H groups in total. The average Bonchev–Trinajstić information content (AvgIpc) is 2.97. The molecule has 0 aliphatic heterocycles. The number of ether oxygens (including phenoxy) is 1. The number of imidazole rings is 1. The van der Waals surface area contributed by atoms with Crippen LogP contribution in [0.25, 0.3) is 5.65 Å². The van der Waals surface area contributed by atoms with Gasteiger partial charge >= 0.3 is 0 Å². The summed E-state index contributed by atoms with van der Waals surface area (Å²) in [6, 6.07) is 11.4. The minimum atomic E-state index is -0.0514. The van der Waals surface area contributed by atoms with Gasteiger partial charge in [-0.25, -0.2) is 4.98 Å².